The van der Waals surface area contributed by atoms with Gasteiger partial charge in [0.1, 0.15) is 5.58 Å². The molecule has 1 N–H and O–H groups in total. The Bertz CT molecular complexity index is 1140. The van der Waals surface area contributed by atoms with Gasteiger partial charge in [-0.25, -0.2) is 4.79 Å². The van der Waals surface area contributed by atoms with Gasteiger partial charge in [0.15, 0.2) is 11.3 Å². The number of aromatic amines is 1. The summed E-state index contributed by atoms with van der Waals surface area (Å²) in [5.74, 6) is 0.342. The maximum atomic E-state index is 12.9. The molecule has 1 aliphatic rings. The molecular formula is C22H20N2O4. The van der Waals surface area contributed by atoms with Crippen LogP contribution in [0.15, 0.2) is 62.2 Å². The van der Waals surface area contributed by atoms with Crippen molar-refractivity contribution in [3.8, 4) is 0 Å². The number of piperidine rings is 1. The maximum absolute atomic E-state index is 12.9. The molecule has 2 aromatic heterocycles. The van der Waals surface area contributed by atoms with Gasteiger partial charge in [-0.15, -0.1) is 0 Å². The van der Waals surface area contributed by atoms with Crippen molar-refractivity contribution in [2.75, 3.05) is 13.1 Å². The number of hydrogen-bond acceptors (Lipinski definition) is 4. The van der Waals surface area contributed by atoms with Gasteiger partial charge in [-0.1, -0.05) is 30.3 Å². The summed E-state index contributed by atoms with van der Waals surface area (Å²) >= 11 is 0. The molecule has 1 amide bonds. The zero-order chi connectivity index (χ0) is 19.1. The lowest BCUT2D eigenvalue weighted by atomic mass is 9.90. The molecule has 0 spiro atoms. The Balaban J connectivity index is 1.29. The number of carbonyl (C=O) groups excluding carboxylic acids is 1. The molecule has 6 nitrogen and oxygen atoms in total. The Kier molecular flexibility index (Phi) is 4.04. The van der Waals surface area contributed by atoms with E-state index in [9.17, 15) is 9.59 Å². The number of benzene rings is 2. The van der Waals surface area contributed by atoms with Crippen LogP contribution in [0.3, 0.4) is 0 Å². The van der Waals surface area contributed by atoms with E-state index in [1.165, 1.54) is 5.56 Å². The molecular weight excluding hydrogens is 356 g/mol. The number of carbonyl (C=O) groups is 1. The van der Waals surface area contributed by atoms with Gasteiger partial charge in [-0.3, -0.25) is 9.78 Å². The molecule has 0 aliphatic carbocycles. The first-order valence-corrected chi connectivity index (χ1v) is 9.55. The van der Waals surface area contributed by atoms with E-state index in [1.54, 1.807) is 18.2 Å². The lowest BCUT2D eigenvalue weighted by Crippen LogP contribution is -2.38. The van der Waals surface area contributed by atoms with E-state index in [1.807, 2.05) is 11.0 Å². The number of oxazole rings is 1. The molecule has 6 heteroatoms. The van der Waals surface area contributed by atoms with Gasteiger partial charge in [-0.05, 0) is 42.9 Å². The Labute approximate surface area is 160 Å². The number of fused-ring (bicyclic) bond motifs is 2. The first kappa shape index (κ1) is 16.9. The smallest absolute Gasteiger partial charge is 0.417 e. The minimum absolute atomic E-state index is 0.0838. The molecule has 1 fully saturated rings. The number of nitrogens with zero attached hydrogens (tertiary/aromatic N) is 1. The van der Waals surface area contributed by atoms with E-state index >= 15 is 0 Å². The summed E-state index contributed by atoms with van der Waals surface area (Å²) in [7, 11) is 0. The van der Waals surface area contributed by atoms with Crippen molar-refractivity contribution >= 4 is 28.0 Å². The van der Waals surface area contributed by atoms with Crippen molar-refractivity contribution in [3.05, 3.63) is 70.4 Å². The van der Waals surface area contributed by atoms with E-state index in [-0.39, 0.29) is 5.91 Å². The van der Waals surface area contributed by atoms with Crippen LogP contribution in [0.1, 0.15) is 29.0 Å². The van der Waals surface area contributed by atoms with Gasteiger partial charge in [0.25, 0.3) is 5.91 Å². The Hall–Kier alpha value is -3.28. The quantitative estimate of drug-likeness (QED) is 0.587. The van der Waals surface area contributed by atoms with Gasteiger partial charge >= 0.3 is 5.76 Å². The van der Waals surface area contributed by atoms with E-state index in [4.69, 9.17) is 8.83 Å². The summed E-state index contributed by atoms with van der Waals surface area (Å²) in [5.41, 5.74) is 2.94. The average molecular weight is 376 g/mol. The number of hydrogen-bond donors (Lipinski definition) is 1. The minimum Gasteiger partial charge on any atom is -0.451 e. The molecule has 142 valence electrons. The monoisotopic (exact) mass is 376 g/mol. The third kappa shape index (κ3) is 3.11. The molecule has 2 aromatic carbocycles. The predicted molar refractivity (Wildman–Crippen MR) is 105 cm³/mol. The number of aromatic nitrogens is 1. The van der Waals surface area contributed by atoms with Gasteiger partial charge in [0, 0.05) is 24.5 Å². The van der Waals surface area contributed by atoms with Crippen molar-refractivity contribution in [2.45, 2.75) is 19.3 Å². The number of nitrogens with one attached hydrogen (secondary N) is 1. The van der Waals surface area contributed by atoms with Gasteiger partial charge in [0.2, 0.25) is 0 Å². The highest BCUT2D eigenvalue weighted by Gasteiger charge is 2.26. The summed E-state index contributed by atoms with van der Waals surface area (Å²) in [6, 6.07) is 15.6. The van der Waals surface area contributed by atoms with Crippen LogP contribution < -0.4 is 5.76 Å². The second-order valence-corrected chi connectivity index (χ2v) is 7.44. The van der Waals surface area contributed by atoms with Crippen LogP contribution in [0.2, 0.25) is 0 Å². The minimum atomic E-state index is -0.502. The number of amides is 1. The first-order valence-electron chi connectivity index (χ1n) is 9.55. The molecule has 1 aliphatic heterocycles. The largest absolute Gasteiger partial charge is 0.451 e. The van der Waals surface area contributed by atoms with Gasteiger partial charge < -0.3 is 13.7 Å². The zero-order valence-corrected chi connectivity index (χ0v) is 15.3. The molecule has 0 atom stereocenters. The molecule has 1 saturated heterocycles. The van der Waals surface area contributed by atoms with Crippen LogP contribution >= 0.6 is 0 Å². The third-order valence-corrected chi connectivity index (χ3v) is 5.54. The van der Waals surface area contributed by atoms with Crippen molar-refractivity contribution in [1.82, 2.24) is 9.88 Å². The molecule has 5 rings (SSSR count). The second kappa shape index (κ2) is 6.71. The van der Waals surface area contributed by atoms with Crippen molar-refractivity contribution in [3.63, 3.8) is 0 Å². The summed E-state index contributed by atoms with van der Waals surface area (Å²) in [5, 5.41) is 0.748. The number of H-pyrrole nitrogens is 1. The lowest BCUT2D eigenvalue weighted by Gasteiger charge is -2.31. The zero-order valence-electron chi connectivity index (χ0n) is 15.3. The van der Waals surface area contributed by atoms with E-state index in [0.29, 0.717) is 28.4 Å². The highest BCUT2D eigenvalue weighted by molar-refractivity contribution is 5.99. The Morgan fingerprint density at radius 2 is 1.82 bits per heavy atom. The van der Waals surface area contributed by atoms with E-state index in [2.05, 4.69) is 29.2 Å². The third-order valence-electron chi connectivity index (χ3n) is 5.54. The summed E-state index contributed by atoms with van der Waals surface area (Å²) < 4.78 is 10.8. The standard InChI is InChI=1S/C22H20N2O4/c25-21(24-8-6-15(7-9-24)10-14-4-2-1-3-5-14)20-12-16-11-19-17(13-18(16)27-20)23-22(26)28-19/h1-5,11-13,15H,6-10H2,(H,23,26). The van der Waals surface area contributed by atoms with Crippen LogP contribution in [0.4, 0.5) is 0 Å². The fourth-order valence-corrected chi connectivity index (χ4v) is 4.03. The Morgan fingerprint density at radius 3 is 2.61 bits per heavy atom. The number of likely N-dealkylation sites (tertiary alicyclic amines) is 1. The van der Waals surface area contributed by atoms with Crippen molar-refractivity contribution < 1.29 is 13.6 Å². The first-order chi connectivity index (χ1) is 13.7. The number of furan rings is 1. The highest BCUT2D eigenvalue weighted by atomic mass is 16.4. The molecule has 0 radical (unpaired) electrons. The summed E-state index contributed by atoms with van der Waals surface area (Å²) in [6.45, 7) is 1.48. The van der Waals surface area contributed by atoms with E-state index < -0.39 is 5.76 Å². The van der Waals surface area contributed by atoms with Crippen LogP contribution in [0.25, 0.3) is 22.1 Å². The predicted octanol–water partition coefficient (Wildman–Crippen LogP) is 3.96. The van der Waals surface area contributed by atoms with Crippen LogP contribution in [0.5, 0.6) is 0 Å². The van der Waals surface area contributed by atoms with Crippen molar-refractivity contribution in [1.29, 1.82) is 0 Å². The summed E-state index contributed by atoms with van der Waals surface area (Å²) in [4.78, 5) is 28.6. The summed E-state index contributed by atoms with van der Waals surface area (Å²) in [6.07, 6.45) is 3.05. The molecule has 28 heavy (non-hydrogen) atoms. The highest BCUT2D eigenvalue weighted by Crippen LogP contribution is 2.27. The normalized spacial score (nSPS) is 15.5. The topological polar surface area (TPSA) is 79.5 Å². The van der Waals surface area contributed by atoms with Crippen LogP contribution in [-0.4, -0.2) is 28.9 Å². The van der Waals surface area contributed by atoms with Crippen LogP contribution in [0, 0.1) is 5.92 Å². The molecule has 0 unspecified atom stereocenters. The SMILES string of the molecule is O=C(c1cc2cc3oc(=O)[nH]c3cc2o1)N1CCC(Cc2ccccc2)CC1. The Morgan fingerprint density at radius 1 is 1.04 bits per heavy atom. The molecule has 0 saturated carbocycles. The number of rotatable bonds is 3. The van der Waals surface area contributed by atoms with Gasteiger partial charge in [0.05, 0.1) is 5.52 Å². The second-order valence-electron chi connectivity index (χ2n) is 7.44. The molecule has 3 heterocycles. The lowest BCUT2D eigenvalue weighted by molar-refractivity contribution is 0.0661. The van der Waals surface area contributed by atoms with Crippen LogP contribution in [-0.2, 0) is 6.42 Å². The van der Waals surface area contributed by atoms with Gasteiger partial charge in [-0.2, -0.15) is 0 Å². The fourth-order valence-electron chi connectivity index (χ4n) is 4.03. The van der Waals surface area contributed by atoms with Crippen molar-refractivity contribution in [2.24, 2.45) is 5.92 Å². The molecule has 0 bridgehead atoms. The molecule has 4 aromatic rings. The fraction of sp³-hybridized carbons (Fsp3) is 0.273. The maximum Gasteiger partial charge on any atom is 0.417 e. The average Bonchev–Trinajstić information content (AvgIpc) is 3.28. The van der Waals surface area contributed by atoms with E-state index in [0.717, 1.165) is 37.7 Å².